The topological polar surface area (TPSA) is 43.9 Å². The minimum atomic E-state index is -0.173. The Morgan fingerprint density at radius 1 is 1.30 bits per heavy atom. The van der Waals surface area contributed by atoms with Crippen molar-refractivity contribution in [2.75, 3.05) is 31.1 Å². The van der Waals surface area contributed by atoms with E-state index in [0.29, 0.717) is 6.54 Å². The van der Waals surface area contributed by atoms with Crippen molar-refractivity contribution in [3.63, 3.8) is 0 Å². The van der Waals surface area contributed by atoms with Crippen LogP contribution in [0, 0.1) is 0 Å². The molecule has 0 aromatic heterocycles. The third kappa shape index (κ3) is 3.66. The summed E-state index contributed by atoms with van der Waals surface area (Å²) in [4.78, 5) is 29.5. The molecule has 1 saturated heterocycles. The summed E-state index contributed by atoms with van der Waals surface area (Å²) in [5.41, 5.74) is 1.01. The molecule has 0 unspecified atom stereocenters. The molecule has 0 N–H and O–H groups in total. The highest BCUT2D eigenvalue weighted by Crippen LogP contribution is 2.32. The maximum absolute atomic E-state index is 12.6. The first-order valence-electron chi connectivity index (χ1n) is 8.23. The average Bonchev–Trinajstić information content (AvgIpc) is 2.51. The SMILES string of the molecule is CCN(C(=O)CN(C=O)C(C)C)C1(C)CN(c2ccccc2)C1. The number of rotatable bonds is 7. The van der Waals surface area contributed by atoms with Gasteiger partial charge in [-0.1, -0.05) is 18.2 Å². The van der Waals surface area contributed by atoms with E-state index < -0.39 is 0 Å². The summed E-state index contributed by atoms with van der Waals surface area (Å²) in [6.45, 7) is 10.4. The van der Waals surface area contributed by atoms with Crippen LogP contribution in [0.15, 0.2) is 30.3 Å². The molecule has 1 aliphatic heterocycles. The lowest BCUT2D eigenvalue weighted by Crippen LogP contribution is -2.70. The molecule has 0 atom stereocenters. The van der Waals surface area contributed by atoms with Crippen LogP contribution in [0.1, 0.15) is 27.7 Å². The zero-order valence-corrected chi connectivity index (χ0v) is 14.5. The van der Waals surface area contributed by atoms with Crippen LogP contribution in [0.2, 0.25) is 0 Å². The van der Waals surface area contributed by atoms with E-state index in [-0.39, 0.29) is 24.0 Å². The number of anilines is 1. The Balaban J connectivity index is 2.01. The van der Waals surface area contributed by atoms with Gasteiger partial charge in [0.1, 0.15) is 0 Å². The molecule has 5 heteroatoms. The summed E-state index contributed by atoms with van der Waals surface area (Å²) >= 11 is 0. The van der Waals surface area contributed by atoms with Gasteiger partial charge in [-0.3, -0.25) is 9.59 Å². The molecule has 0 saturated carbocycles. The number of benzene rings is 1. The van der Waals surface area contributed by atoms with Gasteiger partial charge in [-0.15, -0.1) is 0 Å². The Hall–Kier alpha value is -2.04. The molecular weight excluding hydrogens is 290 g/mol. The van der Waals surface area contributed by atoms with E-state index in [4.69, 9.17) is 0 Å². The van der Waals surface area contributed by atoms with Crippen LogP contribution >= 0.6 is 0 Å². The van der Waals surface area contributed by atoms with Crippen molar-refractivity contribution in [3.8, 4) is 0 Å². The molecule has 0 bridgehead atoms. The number of nitrogens with zero attached hydrogens (tertiary/aromatic N) is 3. The van der Waals surface area contributed by atoms with E-state index in [1.165, 1.54) is 5.69 Å². The maximum Gasteiger partial charge on any atom is 0.242 e. The first kappa shape index (κ1) is 17.3. The zero-order valence-electron chi connectivity index (χ0n) is 14.5. The van der Waals surface area contributed by atoms with Crippen molar-refractivity contribution in [2.45, 2.75) is 39.3 Å². The van der Waals surface area contributed by atoms with Crippen LogP contribution in [-0.4, -0.2) is 59.9 Å². The first-order valence-corrected chi connectivity index (χ1v) is 8.23. The summed E-state index contributed by atoms with van der Waals surface area (Å²) in [7, 11) is 0. The molecule has 0 aliphatic carbocycles. The second-order valence-electron chi connectivity index (χ2n) is 6.70. The van der Waals surface area contributed by atoms with E-state index >= 15 is 0 Å². The van der Waals surface area contributed by atoms with E-state index in [1.54, 1.807) is 4.90 Å². The van der Waals surface area contributed by atoms with Crippen molar-refractivity contribution in [1.82, 2.24) is 9.80 Å². The van der Waals surface area contributed by atoms with Crippen LogP contribution in [0.4, 0.5) is 5.69 Å². The predicted molar refractivity (Wildman–Crippen MR) is 92.4 cm³/mol. The van der Waals surface area contributed by atoms with Gasteiger partial charge in [0.15, 0.2) is 0 Å². The number of hydrogen-bond donors (Lipinski definition) is 0. The Morgan fingerprint density at radius 3 is 2.39 bits per heavy atom. The second kappa shape index (κ2) is 7.02. The molecule has 1 heterocycles. The molecule has 2 rings (SSSR count). The van der Waals surface area contributed by atoms with Gasteiger partial charge in [-0.25, -0.2) is 0 Å². The van der Waals surface area contributed by atoms with Gasteiger partial charge in [0.25, 0.3) is 0 Å². The molecule has 126 valence electrons. The predicted octanol–water partition coefficient (Wildman–Crippen LogP) is 1.98. The van der Waals surface area contributed by atoms with Crippen molar-refractivity contribution >= 4 is 18.0 Å². The van der Waals surface area contributed by atoms with Crippen molar-refractivity contribution in [2.24, 2.45) is 0 Å². The lowest BCUT2D eigenvalue weighted by atomic mass is 9.89. The Labute approximate surface area is 138 Å². The fourth-order valence-corrected chi connectivity index (χ4v) is 3.21. The minimum Gasteiger partial charge on any atom is -0.367 e. The Bertz CT molecular complexity index is 538. The average molecular weight is 317 g/mol. The van der Waals surface area contributed by atoms with Gasteiger partial charge >= 0.3 is 0 Å². The van der Waals surface area contributed by atoms with Crippen LogP contribution in [0.3, 0.4) is 0 Å². The van der Waals surface area contributed by atoms with Gasteiger partial charge in [0, 0.05) is 31.4 Å². The quantitative estimate of drug-likeness (QED) is 0.722. The van der Waals surface area contributed by atoms with Crippen molar-refractivity contribution in [3.05, 3.63) is 30.3 Å². The fourth-order valence-electron chi connectivity index (χ4n) is 3.21. The number of para-hydroxylation sites is 1. The highest BCUT2D eigenvalue weighted by atomic mass is 16.2. The van der Waals surface area contributed by atoms with Gasteiger partial charge in [0.2, 0.25) is 12.3 Å². The standard InChI is InChI=1S/C18H27N3O2/c1-5-21(17(23)11-19(14-22)15(2)3)18(4)12-20(13-18)16-9-7-6-8-10-16/h6-10,14-15H,5,11-13H2,1-4H3. The zero-order chi connectivity index (χ0) is 17.0. The molecule has 0 radical (unpaired) electrons. The largest absolute Gasteiger partial charge is 0.367 e. The lowest BCUT2D eigenvalue weighted by molar-refractivity contribution is -0.142. The number of carbonyl (C=O) groups is 2. The third-order valence-corrected chi connectivity index (χ3v) is 4.57. The van der Waals surface area contributed by atoms with Crippen LogP contribution in [0.25, 0.3) is 0 Å². The summed E-state index contributed by atoms with van der Waals surface area (Å²) in [5.74, 6) is 0.0171. The first-order chi connectivity index (χ1) is 10.9. The Morgan fingerprint density at radius 2 is 1.91 bits per heavy atom. The van der Waals surface area contributed by atoms with E-state index in [1.807, 2.05) is 43.9 Å². The molecule has 1 aromatic rings. The minimum absolute atomic E-state index is 0.0171. The molecule has 1 aromatic carbocycles. The second-order valence-corrected chi connectivity index (χ2v) is 6.70. The van der Waals surface area contributed by atoms with Gasteiger partial charge in [-0.2, -0.15) is 0 Å². The van der Waals surface area contributed by atoms with E-state index in [0.717, 1.165) is 19.5 Å². The van der Waals surface area contributed by atoms with E-state index in [9.17, 15) is 9.59 Å². The number of hydrogen-bond acceptors (Lipinski definition) is 3. The summed E-state index contributed by atoms with van der Waals surface area (Å²) in [6.07, 6.45) is 0.760. The summed E-state index contributed by atoms with van der Waals surface area (Å²) < 4.78 is 0. The van der Waals surface area contributed by atoms with Crippen molar-refractivity contribution < 1.29 is 9.59 Å². The molecule has 0 spiro atoms. The number of carbonyl (C=O) groups excluding carboxylic acids is 2. The monoisotopic (exact) mass is 317 g/mol. The molecule has 2 amide bonds. The lowest BCUT2D eigenvalue weighted by Gasteiger charge is -2.55. The Kier molecular flexibility index (Phi) is 5.29. The fraction of sp³-hybridized carbons (Fsp3) is 0.556. The molecular formula is C18H27N3O2. The normalized spacial score (nSPS) is 16.0. The molecule has 23 heavy (non-hydrogen) atoms. The van der Waals surface area contributed by atoms with Crippen LogP contribution < -0.4 is 4.90 Å². The number of likely N-dealkylation sites (N-methyl/N-ethyl adjacent to an activating group) is 1. The smallest absolute Gasteiger partial charge is 0.242 e. The molecule has 1 aliphatic rings. The highest BCUT2D eigenvalue weighted by Gasteiger charge is 2.45. The highest BCUT2D eigenvalue weighted by molar-refractivity contribution is 5.81. The number of amides is 2. The summed E-state index contributed by atoms with van der Waals surface area (Å²) in [5, 5.41) is 0. The van der Waals surface area contributed by atoms with Gasteiger partial charge in [0.05, 0.1) is 12.1 Å². The maximum atomic E-state index is 12.6. The summed E-state index contributed by atoms with van der Waals surface area (Å²) in [6, 6.07) is 10.3. The van der Waals surface area contributed by atoms with Crippen LogP contribution in [0.5, 0.6) is 0 Å². The van der Waals surface area contributed by atoms with Crippen LogP contribution in [-0.2, 0) is 9.59 Å². The third-order valence-electron chi connectivity index (χ3n) is 4.57. The van der Waals surface area contributed by atoms with Gasteiger partial charge in [-0.05, 0) is 39.8 Å². The molecule has 1 fully saturated rings. The van der Waals surface area contributed by atoms with Gasteiger partial charge < -0.3 is 14.7 Å². The molecule has 5 nitrogen and oxygen atoms in total. The van der Waals surface area contributed by atoms with E-state index in [2.05, 4.69) is 24.0 Å². The van der Waals surface area contributed by atoms with Crippen molar-refractivity contribution in [1.29, 1.82) is 0 Å².